The van der Waals surface area contributed by atoms with Crippen molar-refractivity contribution in [2.75, 3.05) is 18.5 Å². The van der Waals surface area contributed by atoms with E-state index in [4.69, 9.17) is 9.47 Å². The van der Waals surface area contributed by atoms with E-state index in [1.165, 1.54) is 32.9 Å². The molecule has 2 atom stereocenters. The Morgan fingerprint density at radius 3 is 2.36 bits per heavy atom. The lowest BCUT2D eigenvalue weighted by atomic mass is 9.83. The summed E-state index contributed by atoms with van der Waals surface area (Å²) in [5.74, 6) is -2.19. The molecule has 0 bridgehead atoms. The fraction of sp³-hybridized carbons (Fsp3) is 0.480. The summed E-state index contributed by atoms with van der Waals surface area (Å²) < 4.78 is 108. The molecule has 39 heavy (non-hydrogen) atoms. The van der Waals surface area contributed by atoms with Crippen molar-refractivity contribution in [1.29, 1.82) is 0 Å². The molecular weight excluding hydrogens is 539 g/mol. The summed E-state index contributed by atoms with van der Waals surface area (Å²) in [6, 6.07) is 4.31. The van der Waals surface area contributed by atoms with Gasteiger partial charge in [0.05, 0.1) is 11.6 Å². The SMILES string of the molecule is CC(C)(C)OC(=O)N1CCCC1C(OCC(F)(F)F)(c1cccc(NC(=O)c2cccnc2F)c1)C(F)(F)F. The first-order valence-corrected chi connectivity index (χ1v) is 11.7. The highest BCUT2D eigenvalue weighted by molar-refractivity contribution is 6.04. The van der Waals surface area contributed by atoms with Gasteiger partial charge in [-0.15, -0.1) is 0 Å². The van der Waals surface area contributed by atoms with Gasteiger partial charge in [-0.1, -0.05) is 12.1 Å². The van der Waals surface area contributed by atoms with Crippen molar-refractivity contribution in [2.45, 2.75) is 63.2 Å². The molecule has 214 valence electrons. The highest BCUT2D eigenvalue weighted by atomic mass is 19.4. The average Bonchev–Trinajstić information content (AvgIpc) is 3.27. The number of benzene rings is 1. The number of likely N-dealkylation sites (tertiary alicyclic amines) is 1. The van der Waals surface area contributed by atoms with Crippen LogP contribution in [0, 0.1) is 5.95 Å². The summed E-state index contributed by atoms with van der Waals surface area (Å²) in [5.41, 5.74) is -6.35. The van der Waals surface area contributed by atoms with Crippen LogP contribution in [0.5, 0.6) is 0 Å². The maximum absolute atomic E-state index is 15.0. The van der Waals surface area contributed by atoms with Gasteiger partial charge in [0, 0.05) is 18.4 Å². The van der Waals surface area contributed by atoms with Crippen molar-refractivity contribution in [3.8, 4) is 0 Å². The van der Waals surface area contributed by atoms with Crippen LogP contribution in [0.1, 0.15) is 49.5 Å². The van der Waals surface area contributed by atoms with Crippen LogP contribution in [0.15, 0.2) is 42.6 Å². The number of pyridine rings is 1. The fourth-order valence-corrected chi connectivity index (χ4v) is 4.31. The van der Waals surface area contributed by atoms with Gasteiger partial charge in [-0.25, -0.2) is 9.78 Å². The second-order valence-corrected chi connectivity index (χ2v) is 9.85. The standard InChI is InChI=1S/C25H26F7N3O4/c1-22(2,3)39-21(37)35-12-6-10-18(35)24(25(30,31)32,38-14-23(27,28)29)15-7-4-8-16(13-15)34-20(36)17-9-5-11-33-19(17)26/h4-5,7-9,11,13,18H,6,10,12,14H2,1-3H3,(H,34,36). The highest BCUT2D eigenvalue weighted by Crippen LogP contribution is 2.50. The summed E-state index contributed by atoms with van der Waals surface area (Å²) in [6.07, 6.45) is -11.0. The zero-order valence-electron chi connectivity index (χ0n) is 21.1. The van der Waals surface area contributed by atoms with Crippen LogP contribution in [-0.2, 0) is 15.1 Å². The van der Waals surface area contributed by atoms with Crippen molar-refractivity contribution < 1.29 is 49.8 Å². The molecule has 1 fully saturated rings. The number of nitrogens with zero attached hydrogens (tertiary/aromatic N) is 2. The van der Waals surface area contributed by atoms with Crippen LogP contribution >= 0.6 is 0 Å². The van der Waals surface area contributed by atoms with Crippen molar-refractivity contribution in [2.24, 2.45) is 0 Å². The van der Waals surface area contributed by atoms with Gasteiger partial charge in [-0.2, -0.15) is 30.7 Å². The predicted octanol–water partition coefficient (Wildman–Crippen LogP) is 6.21. The molecule has 0 spiro atoms. The lowest BCUT2D eigenvalue weighted by Gasteiger charge is -2.44. The predicted molar refractivity (Wildman–Crippen MR) is 124 cm³/mol. The molecule has 0 radical (unpaired) electrons. The molecule has 2 amide bonds. The number of ether oxygens (including phenoxy) is 2. The Kier molecular flexibility index (Phi) is 8.49. The zero-order valence-corrected chi connectivity index (χ0v) is 21.1. The highest BCUT2D eigenvalue weighted by Gasteiger charge is 2.66. The summed E-state index contributed by atoms with van der Waals surface area (Å²) >= 11 is 0. The van der Waals surface area contributed by atoms with E-state index < -0.39 is 65.3 Å². The topological polar surface area (TPSA) is 80.8 Å². The van der Waals surface area contributed by atoms with Gasteiger partial charge in [-0.3, -0.25) is 4.79 Å². The first-order valence-electron chi connectivity index (χ1n) is 11.7. The smallest absolute Gasteiger partial charge is 0.423 e. The Hall–Kier alpha value is -3.42. The number of rotatable bonds is 6. The maximum atomic E-state index is 15.0. The van der Waals surface area contributed by atoms with E-state index in [1.54, 1.807) is 0 Å². The Balaban J connectivity index is 2.11. The number of carbonyl (C=O) groups is 2. The number of hydrogen-bond acceptors (Lipinski definition) is 5. The van der Waals surface area contributed by atoms with E-state index in [9.17, 15) is 40.3 Å². The first kappa shape index (κ1) is 30.1. The van der Waals surface area contributed by atoms with E-state index >= 15 is 0 Å². The fourth-order valence-electron chi connectivity index (χ4n) is 4.31. The number of hydrogen-bond donors (Lipinski definition) is 1. The Bertz CT molecular complexity index is 1200. The van der Waals surface area contributed by atoms with E-state index in [-0.39, 0.29) is 25.1 Å². The van der Waals surface area contributed by atoms with Crippen molar-refractivity contribution in [3.63, 3.8) is 0 Å². The molecule has 0 saturated carbocycles. The molecule has 14 heteroatoms. The van der Waals surface area contributed by atoms with E-state index in [2.05, 4.69) is 10.3 Å². The molecule has 3 rings (SSSR count). The minimum absolute atomic E-state index is 0.0355. The number of aromatic nitrogens is 1. The second-order valence-electron chi connectivity index (χ2n) is 9.85. The summed E-state index contributed by atoms with van der Waals surface area (Å²) in [5, 5.41) is 2.22. The molecule has 2 aromatic rings. The summed E-state index contributed by atoms with van der Waals surface area (Å²) in [6.45, 7) is 1.98. The average molecular weight is 565 g/mol. The van der Waals surface area contributed by atoms with Gasteiger partial charge in [-0.05, 0) is 63.4 Å². The molecule has 1 aliphatic heterocycles. The molecule has 1 aromatic carbocycles. The summed E-state index contributed by atoms with van der Waals surface area (Å²) in [7, 11) is 0. The summed E-state index contributed by atoms with van der Waals surface area (Å²) in [4.78, 5) is 29.4. The molecule has 0 aliphatic carbocycles. The Morgan fingerprint density at radius 2 is 1.77 bits per heavy atom. The van der Waals surface area contributed by atoms with Crippen molar-refractivity contribution >= 4 is 17.7 Å². The molecule has 1 N–H and O–H groups in total. The molecule has 1 aromatic heterocycles. The number of anilines is 1. The third-order valence-electron chi connectivity index (χ3n) is 5.79. The number of halogens is 7. The van der Waals surface area contributed by atoms with Gasteiger partial charge in [0.2, 0.25) is 11.5 Å². The van der Waals surface area contributed by atoms with Crippen LogP contribution in [0.3, 0.4) is 0 Å². The molecule has 2 heterocycles. The third kappa shape index (κ3) is 6.97. The lowest BCUT2D eigenvalue weighted by Crippen LogP contribution is -2.60. The lowest BCUT2D eigenvalue weighted by molar-refractivity contribution is -0.324. The van der Waals surface area contributed by atoms with Crippen molar-refractivity contribution in [1.82, 2.24) is 9.88 Å². The molecule has 1 aliphatic rings. The van der Waals surface area contributed by atoms with E-state index in [0.717, 1.165) is 30.5 Å². The van der Waals surface area contributed by atoms with Gasteiger partial charge < -0.3 is 19.7 Å². The van der Waals surface area contributed by atoms with Crippen molar-refractivity contribution in [3.05, 3.63) is 59.7 Å². The van der Waals surface area contributed by atoms with Crippen LogP contribution in [0.25, 0.3) is 0 Å². The maximum Gasteiger partial charge on any atom is 0.423 e. The zero-order chi connectivity index (χ0) is 29.2. The third-order valence-corrected chi connectivity index (χ3v) is 5.79. The first-order chi connectivity index (χ1) is 17.9. The minimum atomic E-state index is -5.47. The van der Waals surface area contributed by atoms with Gasteiger partial charge in [0.15, 0.2) is 0 Å². The molecule has 2 unspecified atom stereocenters. The van der Waals surface area contributed by atoms with E-state index in [0.29, 0.717) is 4.90 Å². The van der Waals surface area contributed by atoms with Crippen LogP contribution in [-0.4, -0.2) is 59.0 Å². The quantitative estimate of drug-likeness (QED) is 0.333. The van der Waals surface area contributed by atoms with Gasteiger partial charge >= 0.3 is 18.4 Å². The second kappa shape index (κ2) is 11.0. The normalized spacial score (nSPS) is 18.0. The monoisotopic (exact) mass is 565 g/mol. The molecule has 7 nitrogen and oxygen atoms in total. The number of carbonyl (C=O) groups excluding carboxylic acids is 2. The van der Waals surface area contributed by atoms with Crippen LogP contribution in [0.4, 0.5) is 41.2 Å². The largest absolute Gasteiger partial charge is 0.444 e. The number of alkyl halides is 6. The number of nitrogens with one attached hydrogen (secondary N) is 1. The minimum Gasteiger partial charge on any atom is -0.444 e. The Labute approximate surface area is 219 Å². The Morgan fingerprint density at radius 1 is 1.08 bits per heavy atom. The van der Waals surface area contributed by atoms with Crippen LogP contribution in [0.2, 0.25) is 0 Å². The van der Waals surface area contributed by atoms with Gasteiger partial charge in [0.25, 0.3) is 5.91 Å². The van der Waals surface area contributed by atoms with E-state index in [1.807, 2.05) is 0 Å². The number of amides is 2. The van der Waals surface area contributed by atoms with Gasteiger partial charge in [0.1, 0.15) is 12.2 Å². The van der Waals surface area contributed by atoms with Crippen LogP contribution < -0.4 is 5.32 Å². The molecular formula is C25H26F7N3O4. The molecule has 1 saturated heterocycles.